The SMILES string of the molecule is CN(C)C(=O)N1Cc2cc(C#N)ccc2N(Cc2cnc[nH]2)C[C@H]1Cc1cccnc1. The molecule has 2 aromatic heterocycles. The highest BCUT2D eigenvalue weighted by atomic mass is 16.2. The van der Waals surface area contributed by atoms with Crippen LogP contribution in [0.5, 0.6) is 0 Å². The largest absolute Gasteiger partial charge is 0.363 e. The summed E-state index contributed by atoms with van der Waals surface area (Å²) in [6.07, 6.45) is 7.77. The molecule has 0 saturated carbocycles. The van der Waals surface area contributed by atoms with Crippen molar-refractivity contribution in [1.82, 2.24) is 24.8 Å². The second-order valence-corrected chi connectivity index (χ2v) is 7.94. The number of hydrogen-bond acceptors (Lipinski definition) is 5. The highest BCUT2D eigenvalue weighted by Gasteiger charge is 2.32. The van der Waals surface area contributed by atoms with Crippen molar-refractivity contribution in [2.45, 2.75) is 25.6 Å². The molecule has 0 spiro atoms. The Morgan fingerprint density at radius 2 is 2.16 bits per heavy atom. The van der Waals surface area contributed by atoms with Gasteiger partial charge in [-0.2, -0.15) is 5.26 Å². The van der Waals surface area contributed by atoms with E-state index >= 15 is 0 Å². The van der Waals surface area contributed by atoms with Crippen LogP contribution >= 0.6 is 0 Å². The third kappa shape index (κ3) is 4.51. The van der Waals surface area contributed by atoms with Crippen LogP contribution in [0.4, 0.5) is 10.5 Å². The van der Waals surface area contributed by atoms with Crippen LogP contribution in [0.3, 0.4) is 0 Å². The Labute approximate surface area is 181 Å². The van der Waals surface area contributed by atoms with Crippen LogP contribution < -0.4 is 4.90 Å². The van der Waals surface area contributed by atoms with E-state index in [-0.39, 0.29) is 12.1 Å². The van der Waals surface area contributed by atoms with Gasteiger partial charge in [-0.15, -0.1) is 0 Å². The summed E-state index contributed by atoms with van der Waals surface area (Å²) in [5.41, 5.74) is 4.64. The van der Waals surface area contributed by atoms with Crippen LogP contribution in [-0.2, 0) is 19.5 Å². The van der Waals surface area contributed by atoms with Crippen molar-refractivity contribution < 1.29 is 4.79 Å². The van der Waals surface area contributed by atoms with Crippen molar-refractivity contribution in [3.05, 3.63) is 77.6 Å². The van der Waals surface area contributed by atoms with Gasteiger partial charge < -0.3 is 19.7 Å². The minimum absolute atomic E-state index is 0.0504. The van der Waals surface area contributed by atoms with E-state index in [1.165, 1.54) is 0 Å². The van der Waals surface area contributed by atoms with Crippen molar-refractivity contribution in [1.29, 1.82) is 5.26 Å². The predicted molar refractivity (Wildman–Crippen MR) is 117 cm³/mol. The van der Waals surface area contributed by atoms with E-state index in [1.807, 2.05) is 47.6 Å². The molecule has 0 fully saturated rings. The number of aromatic amines is 1. The number of nitriles is 1. The number of anilines is 1. The summed E-state index contributed by atoms with van der Waals surface area (Å²) in [5.74, 6) is 0. The van der Waals surface area contributed by atoms with Gasteiger partial charge >= 0.3 is 6.03 Å². The standard InChI is InChI=1S/C23H25N7O/c1-28(2)23(31)30-13-19-8-17(10-24)5-6-22(19)29(14-20-12-26-16-27-20)15-21(30)9-18-4-3-7-25-11-18/h3-8,11-12,16,21H,9,13-15H2,1-2H3,(H,26,27)/t21-/m1/s1. The molecule has 8 heteroatoms. The third-order valence-corrected chi connectivity index (χ3v) is 5.50. The first-order valence-corrected chi connectivity index (χ1v) is 10.2. The smallest absolute Gasteiger partial charge is 0.320 e. The maximum Gasteiger partial charge on any atom is 0.320 e. The normalized spacial score (nSPS) is 15.7. The molecule has 0 unspecified atom stereocenters. The fraction of sp³-hybridized carbons (Fsp3) is 0.304. The fourth-order valence-corrected chi connectivity index (χ4v) is 4.03. The lowest BCUT2D eigenvalue weighted by Gasteiger charge is -2.34. The van der Waals surface area contributed by atoms with Crippen LogP contribution in [0.2, 0.25) is 0 Å². The molecule has 0 radical (unpaired) electrons. The number of hydrogen-bond donors (Lipinski definition) is 1. The van der Waals surface area contributed by atoms with Gasteiger partial charge in [0.25, 0.3) is 0 Å². The molecule has 0 bridgehead atoms. The molecule has 8 nitrogen and oxygen atoms in total. The molecule has 31 heavy (non-hydrogen) atoms. The number of carbonyl (C=O) groups is 1. The number of carbonyl (C=O) groups excluding carboxylic acids is 1. The summed E-state index contributed by atoms with van der Waals surface area (Å²) in [5, 5.41) is 9.42. The average molecular weight is 416 g/mol. The summed E-state index contributed by atoms with van der Waals surface area (Å²) in [7, 11) is 3.53. The molecule has 3 aromatic rings. The lowest BCUT2D eigenvalue weighted by Crippen LogP contribution is -2.49. The summed E-state index contributed by atoms with van der Waals surface area (Å²) in [6, 6.07) is 11.8. The Morgan fingerprint density at radius 1 is 1.29 bits per heavy atom. The quantitative estimate of drug-likeness (QED) is 0.707. The number of aromatic nitrogens is 3. The molecule has 3 heterocycles. The fourth-order valence-electron chi connectivity index (χ4n) is 4.03. The van der Waals surface area contributed by atoms with E-state index in [0.717, 1.165) is 22.5 Å². The Bertz CT molecular complexity index is 1070. The number of imidazole rings is 1. The monoisotopic (exact) mass is 415 g/mol. The molecule has 1 aliphatic rings. The molecule has 2 amide bonds. The summed E-state index contributed by atoms with van der Waals surface area (Å²) >= 11 is 0. The molecule has 0 aliphatic carbocycles. The lowest BCUT2D eigenvalue weighted by atomic mass is 10.1. The number of benzene rings is 1. The van der Waals surface area contributed by atoms with E-state index in [1.54, 1.807) is 31.5 Å². The van der Waals surface area contributed by atoms with Crippen LogP contribution in [-0.4, -0.2) is 57.5 Å². The minimum Gasteiger partial charge on any atom is -0.363 e. The number of nitrogens with one attached hydrogen (secondary N) is 1. The molecule has 1 N–H and O–H groups in total. The summed E-state index contributed by atoms with van der Waals surface area (Å²) < 4.78 is 0. The number of rotatable bonds is 4. The van der Waals surface area contributed by atoms with Gasteiger partial charge in [0, 0.05) is 51.5 Å². The zero-order valence-electron chi connectivity index (χ0n) is 17.7. The topological polar surface area (TPSA) is 92.2 Å². The van der Waals surface area contributed by atoms with Gasteiger partial charge in [0.2, 0.25) is 0 Å². The molecule has 1 aliphatic heterocycles. The van der Waals surface area contributed by atoms with Gasteiger partial charge in [0.1, 0.15) is 0 Å². The number of fused-ring (bicyclic) bond motifs is 1. The first kappa shape index (κ1) is 20.4. The van der Waals surface area contributed by atoms with Crippen LogP contribution in [0.25, 0.3) is 0 Å². The van der Waals surface area contributed by atoms with Gasteiger partial charge in [0.15, 0.2) is 0 Å². The van der Waals surface area contributed by atoms with E-state index < -0.39 is 0 Å². The Kier molecular flexibility index (Phi) is 5.85. The summed E-state index contributed by atoms with van der Waals surface area (Å²) in [6.45, 7) is 1.71. The minimum atomic E-state index is -0.0695. The maximum atomic E-state index is 13.2. The zero-order chi connectivity index (χ0) is 21.8. The number of pyridine rings is 1. The third-order valence-electron chi connectivity index (χ3n) is 5.50. The second-order valence-electron chi connectivity index (χ2n) is 7.94. The van der Waals surface area contributed by atoms with Crippen LogP contribution in [0, 0.1) is 11.3 Å². The van der Waals surface area contributed by atoms with Crippen molar-refractivity contribution in [2.75, 3.05) is 25.5 Å². The zero-order valence-corrected chi connectivity index (χ0v) is 17.7. The molecule has 4 rings (SSSR count). The van der Waals surface area contributed by atoms with Crippen LogP contribution in [0.1, 0.15) is 22.4 Å². The van der Waals surface area contributed by atoms with Gasteiger partial charge in [-0.05, 0) is 41.8 Å². The molecule has 1 atom stereocenters. The first-order valence-electron chi connectivity index (χ1n) is 10.2. The second kappa shape index (κ2) is 8.88. The number of urea groups is 1. The number of H-pyrrole nitrogens is 1. The van der Waals surface area contributed by atoms with E-state index in [0.29, 0.717) is 31.6 Å². The number of amides is 2. The van der Waals surface area contributed by atoms with E-state index in [9.17, 15) is 10.1 Å². The van der Waals surface area contributed by atoms with Crippen molar-refractivity contribution in [2.24, 2.45) is 0 Å². The van der Waals surface area contributed by atoms with Crippen molar-refractivity contribution in [3.8, 4) is 6.07 Å². The Morgan fingerprint density at radius 3 is 2.84 bits per heavy atom. The Balaban J connectivity index is 1.76. The molecule has 0 saturated heterocycles. The number of nitrogens with zero attached hydrogens (tertiary/aromatic N) is 6. The predicted octanol–water partition coefficient (Wildman–Crippen LogP) is 2.79. The highest BCUT2D eigenvalue weighted by Crippen LogP contribution is 2.31. The molecular formula is C23H25N7O. The molecular weight excluding hydrogens is 390 g/mol. The summed E-state index contributed by atoms with van der Waals surface area (Å²) in [4.78, 5) is 30.5. The molecule has 158 valence electrons. The van der Waals surface area contributed by atoms with Crippen molar-refractivity contribution in [3.63, 3.8) is 0 Å². The molecule has 1 aromatic carbocycles. The first-order chi connectivity index (χ1) is 15.0. The van der Waals surface area contributed by atoms with Gasteiger partial charge in [0.05, 0.1) is 36.2 Å². The Hall–Kier alpha value is -3.86. The van der Waals surface area contributed by atoms with Crippen LogP contribution in [0.15, 0.2) is 55.2 Å². The van der Waals surface area contributed by atoms with Gasteiger partial charge in [-0.25, -0.2) is 9.78 Å². The highest BCUT2D eigenvalue weighted by molar-refractivity contribution is 5.75. The van der Waals surface area contributed by atoms with Gasteiger partial charge in [-0.1, -0.05) is 6.07 Å². The maximum absolute atomic E-state index is 13.2. The lowest BCUT2D eigenvalue weighted by molar-refractivity contribution is 0.147. The average Bonchev–Trinajstić information content (AvgIpc) is 3.24. The van der Waals surface area contributed by atoms with Crippen molar-refractivity contribution >= 4 is 11.7 Å². The van der Waals surface area contributed by atoms with Gasteiger partial charge in [-0.3, -0.25) is 4.98 Å². The van der Waals surface area contributed by atoms with E-state index in [2.05, 4.69) is 25.9 Å². The van der Waals surface area contributed by atoms with E-state index in [4.69, 9.17) is 0 Å².